The third kappa shape index (κ3) is 10.3. The highest BCUT2D eigenvalue weighted by Gasteiger charge is 2.49. The lowest BCUT2D eigenvalue weighted by atomic mass is 9.97. The number of benzene rings is 4. The van der Waals surface area contributed by atoms with Crippen molar-refractivity contribution in [3.8, 4) is 0 Å². The van der Waals surface area contributed by atoms with Crippen molar-refractivity contribution in [1.29, 1.82) is 0 Å². The molecular formula is C39H46O6. The van der Waals surface area contributed by atoms with Crippen LogP contribution in [-0.2, 0) is 54.8 Å². The largest absolute Gasteiger partial charge is 0.374 e. The molecule has 6 heteroatoms. The van der Waals surface area contributed by atoms with Crippen molar-refractivity contribution < 1.29 is 28.4 Å². The van der Waals surface area contributed by atoms with E-state index >= 15 is 0 Å². The van der Waals surface area contributed by atoms with Crippen molar-refractivity contribution in [2.24, 2.45) is 5.92 Å². The van der Waals surface area contributed by atoms with E-state index in [1.54, 1.807) is 0 Å². The van der Waals surface area contributed by atoms with Gasteiger partial charge in [-0.3, -0.25) is 0 Å². The monoisotopic (exact) mass is 610 g/mol. The predicted molar refractivity (Wildman–Crippen MR) is 175 cm³/mol. The van der Waals surface area contributed by atoms with E-state index in [0.717, 1.165) is 28.7 Å². The molecule has 0 bridgehead atoms. The van der Waals surface area contributed by atoms with Gasteiger partial charge in [0.05, 0.1) is 39.6 Å². The third-order valence-corrected chi connectivity index (χ3v) is 8.08. The minimum absolute atomic E-state index is 0.314. The molecule has 0 spiro atoms. The average Bonchev–Trinajstić information content (AvgIpc) is 3.10. The topological polar surface area (TPSA) is 55.4 Å². The summed E-state index contributed by atoms with van der Waals surface area (Å²) in [5, 5.41) is 0. The highest BCUT2D eigenvalue weighted by atomic mass is 16.7. The zero-order valence-corrected chi connectivity index (χ0v) is 26.4. The molecule has 0 aromatic heterocycles. The Kier molecular flexibility index (Phi) is 13.2. The van der Waals surface area contributed by atoms with Gasteiger partial charge in [-0.25, -0.2) is 0 Å². The van der Waals surface area contributed by atoms with E-state index in [1.807, 2.05) is 72.8 Å². The third-order valence-electron chi connectivity index (χ3n) is 8.08. The van der Waals surface area contributed by atoms with Gasteiger partial charge in [0.15, 0.2) is 6.29 Å². The second-order valence-corrected chi connectivity index (χ2v) is 11.7. The summed E-state index contributed by atoms with van der Waals surface area (Å²) in [5.74, 6) is 0.367. The van der Waals surface area contributed by atoms with Gasteiger partial charge in [-0.2, -0.15) is 0 Å². The summed E-state index contributed by atoms with van der Waals surface area (Å²) in [6.45, 7) is 6.87. The highest BCUT2D eigenvalue weighted by molar-refractivity contribution is 5.16. The lowest BCUT2D eigenvalue weighted by Gasteiger charge is -2.46. The van der Waals surface area contributed by atoms with Crippen LogP contribution in [0.15, 0.2) is 121 Å². The normalized spacial score (nSPS) is 22.2. The number of hydrogen-bond acceptors (Lipinski definition) is 6. The first-order chi connectivity index (χ1) is 22.2. The summed E-state index contributed by atoms with van der Waals surface area (Å²) in [4.78, 5) is 0. The maximum Gasteiger partial charge on any atom is 0.186 e. The van der Waals surface area contributed by atoms with Gasteiger partial charge in [0.25, 0.3) is 0 Å². The van der Waals surface area contributed by atoms with Crippen LogP contribution in [0.1, 0.15) is 42.5 Å². The van der Waals surface area contributed by atoms with E-state index in [4.69, 9.17) is 28.4 Å². The van der Waals surface area contributed by atoms with E-state index in [0.29, 0.717) is 45.6 Å². The van der Waals surface area contributed by atoms with Crippen LogP contribution in [0, 0.1) is 5.92 Å². The van der Waals surface area contributed by atoms with Crippen molar-refractivity contribution in [1.82, 2.24) is 0 Å². The minimum Gasteiger partial charge on any atom is -0.374 e. The van der Waals surface area contributed by atoms with Crippen molar-refractivity contribution in [2.75, 3.05) is 13.2 Å². The first-order valence-corrected chi connectivity index (χ1v) is 16.0. The van der Waals surface area contributed by atoms with Gasteiger partial charge in [-0.1, -0.05) is 142 Å². The van der Waals surface area contributed by atoms with Crippen LogP contribution in [0.25, 0.3) is 0 Å². The molecule has 4 aromatic rings. The Morgan fingerprint density at radius 3 is 1.42 bits per heavy atom. The van der Waals surface area contributed by atoms with Crippen LogP contribution in [0.3, 0.4) is 0 Å². The molecule has 45 heavy (non-hydrogen) atoms. The highest BCUT2D eigenvalue weighted by Crippen LogP contribution is 2.32. The molecule has 1 aliphatic rings. The van der Waals surface area contributed by atoms with Crippen LogP contribution in [-0.4, -0.2) is 43.9 Å². The molecule has 238 valence electrons. The molecule has 4 aromatic carbocycles. The van der Waals surface area contributed by atoms with E-state index < -0.39 is 30.7 Å². The summed E-state index contributed by atoms with van der Waals surface area (Å²) < 4.78 is 39.6. The Morgan fingerprint density at radius 2 is 0.956 bits per heavy atom. The van der Waals surface area contributed by atoms with Crippen LogP contribution >= 0.6 is 0 Å². The Hall–Kier alpha value is -3.36. The van der Waals surface area contributed by atoms with Gasteiger partial charge < -0.3 is 28.4 Å². The maximum absolute atomic E-state index is 6.76. The molecule has 5 rings (SSSR count). The molecule has 0 N–H and O–H groups in total. The second kappa shape index (κ2) is 18.0. The lowest BCUT2D eigenvalue weighted by Crippen LogP contribution is -2.62. The summed E-state index contributed by atoms with van der Waals surface area (Å²) in [6, 6.07) is 40.7. The van der Waals surface area contributed by atoms with E-state index in [9.17, 15) is 0 Å². The summed E-state index contributed by atoms with van der Waals surface area (Å²) in [6.07, 6.45) is -1.61. The maximum atomic E-state index is 6.76. The molecule has 0 aliphatic carbocycles. The summed E-state index contributed by atoms with van der Waals surface area (Å²) in [5.41, 5.74) is 4.30. The summed E-state index contributed by atoms with van der Waals surface area (Å²) >= 11 is 0. The smallest absolute Gasteiger partial charge is 0.186 e. The molecule has 6 nitrogen and oxygen atoms in total. The molecule has 0 amide bonds. The predicted octanol–water partition coefficient (Wildman–Crippen LogP) is 7.75. The fourth-order valence-corrected chi connectivity index (χ4v) is 5.26. The zero-order valence-electron chi connectivity index (χ0n) is 26.4. The second-order valence-electron chi connectivity index (χ2n) is 11.7. The Labute approximate surface area is 268 Å². The van der Waals surface area contributed by atoms with Crippen LogP contribution in [0.5, 0.6) is 0 Å². The Bertz CT molecular complexity index is 1340. The number of hydrogen-bond donors (Lipinski definition) is 0. The molecule has 0 saturated carbocycles. The molecule has 1 aliphatic heterocycles. The SMILES string of the molecule is CC[C@H](C)CO[C@@H]1OC(COCc2ccccc2)[C@@H](OCc2ccccc2)C(OCc2ccccc2)C1OCc1ccccc1. The van der Waals surface area contributed by atoms with Crippen molar-refractivity contribution >= 4 is 0 Å². The van der Waals surface area contributed by atoms with Gasteiger partial charge in [-0.05, 0) is 28.2 Å². The Morgan fingerprint density at radius 1 is 0.533 bits per heavy atom. The molecule has 1 saturated heterocycles. The van der Waals surface area contributed by atoms with Crippen LogP contribution in [0.2, 0.25) is 0 Å². The van der Waals surface area contributed by atoms with Crippen molar-refractivity contribution in [3.63, 3.8) is 0 Å². The Balaban J connectivity index is 1.43. The van der Waals surface area contributed by atoms with Crippen molar-refractivity contribution in [2.45, 2.75) is 77.4 Å². The van der Waals surface area contributed by atoms with Gasteiger partial charge in [-0.15, -0.1) is 0 Å². The molecule has 6 atom stereocenters. The first kappa shape index (κ1) is 33.0. The van der Waals surface area contributed by atoms with Gasteiger partial charge in [0, 0.05) is 0 Å². The number of ether oxygens (including phenoxy) is 6. The van der Waals surface area contributed by atoms with E-state index in [1.165, 1.54) is 0 Å². The van der Waals surface area contributed by atoms with Crippen LogP contribution in [0.4, 0.5) is 0 Å². The molecule has 1 heterocycles. The molecule has 0 radical (unpaired) electrons. The molecular weight excluding hydrogens is 564 g/mol. The fourth-order valence-electron chi connectivity index (χ4n) is 5.26. The molecule has 3 unspecified atom stereocenters. The summed E-state index contributed by atoms with van der Waals surface area (Å²) in [7, 11) is 0. The van der Waals surface area contributed by atoms with Crippen LogP contribution < -0.4 is 0 Å². The van der Waals surface area contributed by atoms with E-state index in [2.05, 4.69) is 62.4 Å². The zero-order chi connectivity index (χ0) is 31.1. The fraction of sp³-hybridized carbons (Fsp3) is 0.385. The first-order valence-electron chi connectivity index (χ1n) is 16.0. The van der Waals surface area contributed by atoms with Gasteiger partial charge >= 0.3 is 0 Å². The number of rotatable bonds is 17. The quantitative estimate of drug-likeness (QED) is 0.122. The average molecular weight is 611 g/mol. The van der Waals surface area contributed by atoms with Gasteiger partial charge in [0.1, 0.15) is 24.4 Å². The van der Waals surface area contributed by atoms with Crippen molar-refractivity contribution in [3.05, 3.63) is 144 Å². The van der Waals surface area contributed by atoms with Gasteiger partial charge in [0.2, 0.25) is 0 Å². The standard InChI is InChI=1S/C39H46O6/c1-3-30(2)24-44-39-38(43-28-34-22-14-7-15-23-34)37(42-27-33-20-12-6-13-21-33)36(41-26-32-18-10-5-11-19-32)35(45-39)29-40-25-31-16-8-4-9-17-31/h4-23,30,35-39H,3,24-29H2,1-2H3/t30-,35?,36+,37?,38?,39+/m0/s1. The van der Waals surface area contributed by atoms with E-state index in [-0.39, 0.29) is 0 Å². The molecule has 1 fully saturated rings. The lowest BCUT2D eigenvalue weighted by molar-refractivity contribution is -0.329. The minimum atomic E-state index is -0.662.